The van der Waals surface area contributed by atoms with Gasteiger partial charge in [-0.05, 0) is 80.6 Å². The lowest BCUT2D eigenvalue weighted by molar-refractivity contribution is 0.155. The standard InChI is InChI=1S/C26H36N6O3S2/c1-4-33-16-15-22(30-32-26(37)28-18-21-9-13-24(14-10-21)35-6-3)19-29-31-25(36)27-17-20-7-11-23(12-8-20)34-5-2/h7-14,19H,4-6,15-18H2,1-3H3,(H2,27,31,36)(H2,28,32,37)/b29-19-,30-22+. The lowest BCUT2D eigenvalue weighted by atomic mass is 10.2. The van der Waals surface area contributed by atoms with E-state index < -0.39 is 0 Å². The van der Waals surface area contributed by atoms with E-state index in [1.165, 1.54) is 0 Å². The summed E-state index contributed by atoms with van der Waals surface area (Å²) in [6.45, 7) is 9.40. The summed E-state index contributed by atoms with van der Waals surface area (Å²) in [6, 6.07) is 15.7. The number of hydrogen-bond acceptors (Lipinski definition) is 7. The first kappa shape index (κ1) is 29.9. The molecular weight excluding hydrogens is 508 g/mol. The molecule has 0 saturated carbocycles. The Morgan fingerprint density at radius 1 is 0.757 bits per heavy atom. The second-order valence-electron chi connectivity index (χ2n) is 7.55. The minimum atomic E-state index is 0.398. The van der Waals surface area contributed by atoms with Crippen molar-refractivity contribution in [1.82, 2.24) is 21.5 Å². The molecule has 0 saturated heterocycles. The zero-order valence-corrected chi connectivity index (χ0v) is 23.2. The lowest BCUT2D eigenvalue weighted by Gasteiger charge is -2.10. The van der Waals surface area contributed by atoms with Crippen LogP contribution in [0, 0.1) is 0 Å². The van der Waals surface area contributed by atoms with E-state index in [1.807, 2.05) is 69.3 Å². The summed E-state index contributed by atoms with van der Waals surface area (Å²) in [7, 11) is 0. The van der Waals surface area contributed by atoms with Gasteiger partial charge < -0.3 is 24.8 Å². The molecule has 0 aliphatic carbocycles. The normalized spacial score (nSPS) is 11.2. The Morgan fingerprint density at radius 2 is 1.27 bits per heavy atom. The highest BCUT2D eigenvalue weighted by Crippen LogP contribution is 2.12. The van der Waals surface area contributed by atoms with Crippen molar-refractivity contribution < 1.29 is 14.2 Å². The topological polar surface area (TPSA) is 101 Å². The van der Waals surface area contributed by atoms with Crippen molar-refractivity contribution in [2.24, 2.45) is 10.2 Å². The van der Waals surface area contributed by atoms with Crippen molar-refractivity contribution in [1.29, 1.82) is 0 Å². The van der Waals surface area contributed by atoms with E-state index in [9.17, 15) is 0 Å². The van der Waals surface area contributed by atoms with Crippen LogP contribution in [0.25, 0.3) is 0 Å². The number of nitrogens with one attached hydrogen (secondary N) is 4. The minimum absolute atomic E-state index is 0.398. The fourth-order valence-electron chi connectivity index (χ4n) is 2.94. The van der Waals surface area contributed by atoms with Crippen molar-refractivity contribution in [2.75, 3.05) is 26.4 Å². The van der Waals surface area contributed by atoms with Crippen LogP contribution in [0.2, 0.25) is 0 Å². The van der Waals surface area contributed by atoms with Gasteiger partial charge in [0.25, 0.3) is 0 Å². The molecule has 11 heteroatoms. The van der Waals surface area contributed by atoms with Gasteiger partial charge in [-0.15, -0.1) is 0 Å². The van der Waals surface area contributed by atoms with Gasteiger partial charge in [-0.1, -0.05) is 24.3 Å². The van der Waals surface area contributed by atoms with Gasteiger partial charge in [-0.25, -0.2) is 0 Å². The Kier molecular flexibility index (Phi) is 14.6. The minimum Gasteiger partial charge on any atom is -0.494 e. The second kappa shape index (κ2) is 18.0. The maximum absolute atomic E-state index is 5.46. The molecular formula is C26H36N6O3S2. The predicted octanol–water partition coefficient (Wildman–Crippen LogP) is 3.88. The van der Waals surface area contributed by atoms with Gasteiger partial charge in [0.15, 0.2) is 10.2 Å². The van der Waals surface area contributed by atoms with Crippen LogP contribution in [0.15, 0.2) is 58.7 Å². The maximum Gasteiger partial charge on any atom is 0.187 e. The van der Waals surface area contributed by atoms with Gasteiger partial charge in [0.05, 0.1) is 31.7 Å². The van der Waals surface area contributed by atoms with E-state index >= 15 is 0 Å². The number of hydrazone groups is 2. The monoisotopic (exact) mass is 544 g/mol. The molecule has 0 aromatic heterocycles. The van der Waals surface area contributed by atoms with Crippen molar-refractivity contribution >= 4 is 46.6 Å². The molecule has 0 atom stereocenters. The summed E-state index contributed by atoms with van der Waals surface area (Å²) in [4.78, 5) is 0. The summed E-state index contributed by atoms with van der Waals surface area (Å²) >= 11 is 10.7. The van der Waals surface area contributed by atoms with Crippen LogP contribution >= 0.6 is 24.4 Å². The van der Waals surface area contributed by atoms with Gasteiger partial charge in [0.1, 0.15) is 11.5 Å². The van der Waals surface area contributed by atoms with Crippen LogP contribution in [-0.2, 0) is 17.8 Å². The van der Waals surface area contributed by atoms with Gasteiger partial charge in [0, 0.05) is 26.1 Å². The molecule has 0 radical (unpaired) electrons. The quantitative estimate of drug-likeness (QED) is 0.115. The molecule has 0 fully saturated rings. The molecule has 4 N–H and O–H groups in total. The predicted molar refractivity (Wildman–Crippen MR) is 157 cm³/mol. The van der Waals surface area contributed by atoms with Crippen molar-refractivity contribution in [3.05, 3.63) is 59.7 Å². The zero-order valence-electron chi connectivity index (χ0n) is 21.6. The van der Waals surface area contributed by atoms with E-state index in [1.54, 1.807) is 6.21 Å². The van der Waals surface area contributed by atoms with Crippen molar-refractivity contribution in [2.45, 2.75) is 40.3 Å². The first-order chi connectivity index (χ1) is 18.0. The van der Waals surface area contributed by atoms with E-state index in [0.29, 0.717) is 61.9 Å². The first-order valence-electron chi connectivity index (χ1n) is 12.2. The molecule has 0 aliphatic heterocycles. The Labute approximate surface area is 230 Å². The van der Waals surface area contributed by atoms with Gasteiger partial charge >= 0.3 is 0 Å². The molecule has 0 aliphatic rings. The average molecular weight is 545 g/mol. The second-order valence-corrected chi connectivity index (χ2v) is 8.37. The summed E-state index contributed by atoms with van der Waals surface area (Å²) in [5.41, 5.74) is 8.47. The number of nitrogens with zero attached hydrogens (tertiary/aromatic N) is 2. The fraction of sp³-hybridized carbons (Fsp3) is 0.385. The lowest BCUT2D eigenvalue weighted by Crippen LogP contribution is -2.33. The van der Waals surface area contributed by atoms with Crippen LogP contribution in [0.3, 0.4) is 0 Å². The van der Waals surface area contributed by atoms with Gasteiger partial charge in [-0.3, -0.25) is 10.9 Å². The summed E-state index contributed by atoms with van der Waals surface area (Å²) in [6.07, 6.45) is 2.14. The summed E-state index contributed by atoms with van der Waals surface area (Å²) in [5, 5.41) is 15.6. The highest BCUT2D eigenvalue weighted by Gasteiger charge is 2.02. The Bertz CT molecular complexity index is 1010. The molecule has 37 heavy (non-hydrogen) atoms. The number of benzene rings is 2. The third-order valence-electron chi connectivity index (χ3n) is 4.76. The Morgan fingerprint density at radius 3 is 1.76 bits per heavy atom. The molecule has 2 aromatic carbocycles. The molecule has 0 unspecified atom stereocenters. The van der Waals surface area contributed by atoms with Crippen LogP contribution in [0.5, 0.6) is 11.5 Å². The van der Waals surface area contributed by atoms with Crippen LogP contribution in [-0.4, -0.2) is 48.6 Å². The maximum atomic E-state index is 5.46. The smallest absolute Gasteiger partial charge is 0.187 e. The summed E-state index contributed by atoms with van der Waals surface area (Å²) in [5.74, 6) is 1.68. The Balaban J connectivity index is 1.80. The van der Waals surface area contributed by atoms with Crippen LogP contribution in [0.1, 0.15) is 38.3 Å². The Hall–Kier alpha value is -3.28. The molecule has 2 aromatic rings. The molecule has 0 heterocycles. The fourth-order valence-corrected chi connectivity index (χ4v) is 3.19. The summed E-state index contributed by atoms with van der Waals surface area (Å²) < 4.78 is 16.4. The number of hydrogen-bond donors (Lipinski definition) is 4. The number of thiocarbonyl (C=S) groups is 2. The third kappa shape index (κ3) is 13.0. The largest absolute Gasteiger partial charge is 0.494 e. The van der Waals surface area contributed by atoms with Gasteiger partial charge in [0.2, 0.25) is 0 Å². The molecule has 0 spiro atoms. The van der Waals surface area contributed by atoms with Crippen LogP contribution < -0.4 is 31.0 Å². The molecule has 2 rings (SSSR count). The molecule has 200 valence electrons. The number of ether oxygens (including phenoxy) is 3. The van der Waals surface area contributed by atoms with Crippen LogP contribution in [0.4, 0.5) is 0 Å². The van der Waals surface area contributed by atoms with E-state index in [2.05, 4.69) is 31.7 Å². The molecule has 0 amide bonds. The van der Waals surface area contributed by atoms with Gasteiger partial charge in [-0.2, -0.15) is 10.2 Å². The highest BCUT2D eigenvalue weighted by molar-refractivity contribution is 7.80. The first-order valence-corrected chi connectivity index (χ1v) is 13.0. The van der Waals surface area contributed by atoms with E-state index in [-0.39, 0.29) is 0 Å². The zero-order chi connectivity index (χ0) is 26.7. The van der Waals surface area contributed by atoms with Crippen molar-refractivity contribution in [3.8, 4) is 11.5 Å². The third-order valence-corrected chi connectivity index (χ3v) is 5.23. The molecule has 9 nitrogen and oxygen atoms in total. The van der Waals surface area contributed by atoms with Crippen molar-refractivity contribution in [3.63, 3.8) is 0 Å². The van der Waals surface area contributed by atoms with E-state index in [4.69, 9.17) is 38.6 Å². The number of rotatable bonds is 15. The highest BCUT2D eigenvalue weighted by atomic mass is 32.1. The molecule has 0 bridgehead atoms. The SMILES string of the molecule is CCOCCC(/C=N\NC(=S)NCc1ccc(OCC)cc1)=N\NC(=S)NCc1ccc(OCC)cc1. The average Bonchev–Trinajstić information content (AvgIpc) is 2.91. The van der Waals surface area contributed by atoms with E-state index in [0.717, 1.165) is 22.6 Å².